The zero-order chi connectivity index (χ0) is 36.2. The Morgan fingerprint density at radius 1 is 0.481 bits per heavy atom. The molecule has 7 heteroatoms. The Balaban J connectivity index is 1.48. The number of nitrogens with zero attached hydrogens (tertiary/aromatic N) is 2. The molecule has 0 amide bonds. The van der Waals surface area contributed by atoms with Crippen molar-refractivity contribution in [2.45, 2.75) is 47.9 Å². The first kappa shape index (κ1) is 32.2. The molecule has 0 spiro atoms. The Bertz CT molecular complexity index is 2430. The fraction of sp³-hybridized carbons (Fsp3) is 0.156. The van der Waals surface area contributed by atoms with E-state index in [1.54, 1.807) is 12.1 Å². The van der Waals surface area contributed by atoms with E-state index < -0.39 is 6.36 Å². The van der Waals surface area contributed by atoms with E-state index >= 15 is 0 Å². The van der Waals surface area contributed by atoms with Crippen molar-refractivity contribution in [3.8, 4) is 5.75 Å². The normalized spacial score (nSPS) is 13.4. The Morgan fingerprint density at radius 3 is 1.21 bits per heavy atom. The van der Waals surface area contributed by atoms with Gasteiger partial charge in [0.05, 0.1) is 11.4 Å². The van der Waals surface area contributed by atoms with E-state index in [2.05, 4.69) is 136 Å². The predicted molar refractivity (Wildman–Crippen MR) is 211 cm³/mol. The molecule has 0 saturated heterocycles. The SMILES string of the molecule is Cc1cc(C)c(N2c3cc4ccccc4cc3B3c4cc5ccccc5cc4N(c4c(C)cc(C)cc4C)c4cc(OC(F)(F)F)cc2c43)c(C)c1. The van der Waals surface area contributed by atoms with Crippen LogP contribution in [-0.4, -0.2) is 13.1 Å². The lowest BCUT2D eigenvalue weighted by Gasteiger charge is -2.45. The van der Waals surface area contributed by atoms with Crippen LogP contribution in [0.15, 0.2) is 109 Å². The van der Waals surface area contributed by atoms with Gasteiger partial charge in [-0.1, -0.05) is 96.1 Å². The average Bonchev–Trinajstić information content (AvgIpc) is 3.07. The van der Waals surface area contributed by atoms with Gasteiger partial charge in [0, 0.05) is 34.9 Å². The molecule has 0 atom stereocenters. The summed E-state index contributed by atoms with van der Waals surface area (Å²) >= 11 is 0. The number of anilines is 6. The van der Waals surface area contributed by atoms with Gasteiger partial charge in [0.2, 0.25) is 0 Å². The van der Waals surface area contributed by atoms with Gasteiger partial charge in [0.15, 0.2) is 0 Å². The summed E-state index contributed by atoms with van der Waals surface area (Å²) in [7, 11) is 0. The minimum absolute atomic E-state index is 0.256. The predicted octanol–water partition coefficient (Wildman–Crippen LogP) is 10.8. The van der Waals surface area contributed by atoms with Gasteiger partial charge in [0.1, 0.15) is 5.75 Å². The maximum absolute atomic E-state index is 14.3. The van der Waals surface area contributed by atoms with Crippen LogP contribution < -0.4 is 30.9 Å². The van der Waals surface area contributed by atoms with Gasteiger partial charge in [-0.25, -0.2) is 0 Å². The second-order valence-corrected chi connectivity index (χ2v) is 14.5. The highest BCUT2D eigenvalue weighted by Gasteiger charge is 2.45. The summed E-state index contributed by atoms with van der Waals surface area (Å²) in [5.74, 6) is -0.256. The number of rotatable bonds is 3. The summed E-state index contributed by atoms with van der Waals surface area (Å²) in [6.45, 7) is 12.2. The third kappa shape index (κ3) is 4.97. The Hall–Kier alpha value is -5.69. The van der Waals surface area contributed by atoms with E-state index in [0.29, 0.717) is 11.4 Å². The lowest BCUT2D eigenvalue weighted by molar-refractivity contribution is -0.274. The third-order valence-electron chi connectivity index (χ3n) is 10.7. The first-order valence-electron chi connectivity index (χ1n) is 17.6. The maximum atomic E-state index is 14.3. The molecule has 256 valence electrons. The van der Waals surface area contributed by atoms with Gasteiger partial charge in [-0.15, -0.1) is 13.2 Å². The fourth-order valence-corrected chi connectivity index (χ4v) is 9.07. The summed E-state index contributed by atoms with van der Waals surface area (Å²) < 4.78 is 47.6. The number of aryl methyl sites for hydroxylation is 6. The van der Waals surface area contributed by atoms with Gasteiger partial charge in [0.25, 0.3) is 6.71 Å². The van der Waals surface area contributed by atoms with Crippen LogP contribution in [0.2, 0.25) is 0 Å². The van der Waals surface area contributed by atoms with Crippen LogP contribution in [0.4, 0.5) is 47.3 Å². The number of ether oxygens (including phenoxy) is 1. The van der Waals surface area contributed by atoms with Crippen LogP contribution in [0.25, 0.3) is 21.5 Å². The van der Waals surface area contributed by atoms with Crippen LogP contribution in [0.3, 0.4) is 0 Å². The van der Waals surface area contributed by atoms with Crippen molar-refractivity contribution in [1.82, 2.24) is 0 Å². The van der Waals surface area contributed by atoms with Crippen molar-refractivity contribution in [2.75, 3.05) is 9.80 Å². The summed E-state index contributed by atoms with van der Waals surface area (Å²) in [4.78, 5) is 4.37. The van der Waals surface area contributed by atoms with Crippen LogP contribution in [0, 0.1) is 41.5 Å². The van der Waals surface area contributed by atoms with Gasteiger partial charge >= 0.3 is 6.36 Å². The number of hydrogen-bond acceptors (Lipinski definition) is 3. The monoisotopic (exact) mass is 688 g/mol. The molecule has 0 bridgehead atoms. The molecule has 0 saturated carbocycles. The van der Waals surface area contributed by atoms with Gasteiger partial charge < -0.3 is 14.5 Å². The van der Waals surface area contributed by atoms with Crippen molar-refractivity contribution in [1.29, 1.82) is 0 Å². The highest BCUT2D eigenvalue weighted by molar-refractivity contribution is 7.00. The Kier molecular flexibility index (Phi) is 7.07. The summed E-state index contributed by atoms with van der Waals surface area (Å²) in [6, 6.07) is 37.3. The van der Waals surface area contributed by atoms with Gasteiger partial charge in [-0.2, -0.15) is 0 Å². The first-order valence-corrected chi connectivity index (χ1v) is 17.6. The van der Waals surface area contributed by atoms with Crippen LogP contribution in [0.5, 0.6) is 5.75 Å². The lowest BCUT2D eigenvalue weighted by atomic mass is 9.33. The molecule has 0 N–H and O–H groups in total. The maximum Gasteiger partial charge on any atom is 0.573 e. The van der Waals surface area contributed by atoms with Crippen molar-refractivity contribution >= 4 is 78.8 Å². The van der Waals surface area contributed by atoms with Crippen LogP contribution >= 0.6 is 0 Å². The molecule has 3 nitrogen and oxygen atoms in total. The van der Waals surface area contributed by atoms with E-state index in [-0.39, 0.29) is 12.5 Å². The number of fused-ring (bicyclic) bond motifs is 6. The zero-order valence-corrected chi connectivity index (χ0v) is 29.9. The summed E-state index contributed by atoms with van der Waals surface area (Å²) in [5.41, 5.74) is 14.7. The topological polar surface area (TPSA) is 15.7 Å². The van der Waals surface area contributed by atoms with Crippen molar-refractivity contribution in [2.24, 2.45) is 0 Å². The molecule has 0 unspecified atom stereocenters. The second-order valence-electron chi connectivity index (χ2n) is 14.5. The fourth-order valence-electron chi connectivity index (χ4n) is 9.07. The smallest absolute Gasteiger partial charge is 0.406 e. The van der Waals surface area contributed by atoms with E-state index in [4.69, 9.17) is 4.74 Å². The molecule has 0 aromatic heterocycles. The zero-order valence-electron chi connectivity index (χ0n) is 29.9. The molecule has 9 rings (SSSR count). The molecule has 7 aromatic rings. The molecule has 52 heavy (non-hydrogen) atoms. The second kappa shape index (κ2) is 11.4. The average molecular weight is 689 g/mol. The van der Waals surface area contributed by atoms with Gasteiger partial charge in [-0.05, 0) is 114 Å². The van der Waals surface area contributed by atoms with Crippen molar-refractivity contribution in [3.63, 3.8) is 0 Å². The molecule has 2 aliphatic heterocycles. The number of benzene rings is 7. The molecule has 0 radical (unpaired) electrons. The van der Waals surface area contributed by atoms with Crippen molar-refractivity contribution in [3.05, 3.63) is 143 Å². The van der Waals surface area contributed by atoms with E-state index in [1.165, 1.54) is 0 Å². The number of hydrogen-bond donors (Lipinski definition) is 0. The molecule has 2 heterocycles. The minimum Gasteiger partial charge on any atom is -0.406 e. The molecule has 0 fully saturated rings. The highest BCUT2D eigenvalue weighted by Crippen LogP contribution is 2.49. The minimum atomic E-state index is -4.88. The molecular weight excluding hydrogens is 652 g/mol. The summed E-state index contributed by atoms with van der Waals surface area (Å²) in [5, 5.41) is 4.33. The van der Waals surface area contributed by atoms with E-state index in [9.17, 15) is 13.2 Å². The Morgan fingerprint density at radius 2 is 0.846 bits per heavy atom. The molecule has 2 aliphatic rings. The quantitative estimate of drug-likeness (QED) is 0.172. The number of alkyl halides is 3. The first-order chi connectivity index (χ1) is 24.9. The van der Waals surface area contributed by atoms with E-state index in [1.807, 2.05) is 12.1 Å². The van der Waals surface area contributed by atoms with Crippen LogP contribution in [-0.2, 0) is 0 Å². The van der Waals surface area contributed by atoms with Crippen LogP contribution in [0.1, 0.15) is 33.4 Å². The largest absolute Gasteiger partial charge is 0.573 e. The standard InChI is InChI=1S/C45H36BF3N2O/c1-25-15-27(3)43(28(4)16-25)50-38-21-33-13-9-7-11-31(33)19-36(38)46-37-20-32-12-8-10-14-34(32)22-39(37)51(44-29(5)17-26(2)18-30(44)6)41-24-35(52-45(47,48)49)23-40(50)42(41)46/h7-24H,1-6H3. The van der Waals surface area contributed by atoms with E-state index in [0.717, 1.165) is 94.1 Å². The molecule has 7 aromatic carbocycles. The summed E-state index contributed by atoms with van der Waals surface area (Å²) in [6.07, 6.45) is -4.88. The van der Waals surface area contributed by atoms with Gasteiger partial charge in [-0.3, -0.25) is 0 Å². The molecule has 0 aliphatic carbocycles. The highest BCUT2D eigenvalue weighted by atomic mass is 19.4. The Labute approximate surface area is 302 Å². The number of halogens is 3. The lowest BCUT2D eigenvalue weighted by Crippen LogP contribution is -2.61. The molecular formula is C45H36BF3N2O. The third-order valence-corrected chi connectivity index (χ3v) is 10.7. The van der Waals surface area contributed by atoms with Crippen molar-refractivity contribution < 1.29 is 17.9 Å².